The molecule has 19 heavy (non-hydrogen) atoms. The van der Waals surface area contributed by atoms with Crippen molar-refractivity contribution in [2.75, 3.05) is 6.54 Å². The lowest BCUT2D eigenvalue weighted by molar-refractivity contribution is 0.366. The molecular formula is C14H22N4O. The van der Waals surface area contributed by atoms with Crippen LogP contribution in [0.3, 0.4) is 0 Å². The molecule has 0 amide bonds. The lowest BCUT2D eigenvalue weighted by Gasteiger charge is -2.09. The fourth-order valence-corrected chi connectivity index (χ4v) is 2.07. The molecule has 104 valence electrons. The fourth-order valence-electron chi connectivity index (χ4n) is 2.07. The first kappa shape index (κ1) is 13.8. The summed E-state index contributed by atoms with van der Waals surface area (Å²) in [6.45, 7) is 7.98. The second-order valence-electron chi connectivity index (χ2n) is 4.75. The highest BCUT2D eigenvalue weighted by Crippen LogP contribution is 2.13. The van der Waals surface area contributed by atoms with Gasteiger partial charge in [0.05, 0.1) is 0 Å². The number of hydrogen-bond acceptors (Lipinski definition) is 4. The van der Waals surface area contributed by atoms with Crippen LogP contribution in [-0.4, -0.2) is 21.3 Å². The van der Waals surface area contributed by atoms with Gasteiger partial charge in [-0.2, -0.15) is 4.98 Å². The summed E-state index contributed by atoms with van der Waals surface area (Å²) in [6.07, 6.45) is 6.08. The fraction of sp³-hybridized carbons (Fsp3) is 0.571. The SMILES string of the molecule is CCCc1noc(Cn2ccc(C(C)NCC)c2)n1. The van der Waals surface area contributed by atoms with E-state index in [0.29, 0.717) is 18.5 Å². The van der Waals surface area contributed by atoms with Gasteiger partial charge >= 0.3 is 0 Å². The van der Waals surface area contributed by atoms with E-state index in [-0.39, 0.29) is 0 Å². The molecule has 0 fully saturated rings. The Morgan fingerprint density at radius 2 is 2.26 bits per heavy atom. The monoisotopic (exact) mass is 262 g/mol. The van der Waals surface area contributed by atoms with Crippen LogP contribution in [0.5, 0.6) is 0 Å². The first-order valence-electron chi connectivity index (χ1n) is 6.93. The lowest BCUT2D eigenvalue weighted by Crippen LogP contribution is -2.17. The third kappa shape index (κ3) is 3.67. The van der Waals surface area contributed by atoms with Gasteiger partial charge in [0.25, 0.3) is 0 Å². The van der Waals surface area contributed by atoms with E-state index < -0.39 is 0 Å². The number of nitrogens with one attached hydrogen (secondary N) is 1. The van der Waals surface area contributed by atoms with Crippen molar-refractivity contribution in [3.05, 3.63) is 35.7 Å². The topological polar surface area (TPSA) is 55.9 Å². The predicted octanol–water partition coefficient (Wildman–Crippen LogP) is 2.54. The number of aryl methyl sites for hydroxylation is 1. The van der Waals surface area contributed by atoms with Crippen molar-refractivity contribution in [1.29, 1.82) is 0 Å². The first-order chi connectivity index (χ1) is 9.22. The molecule has 0 aliphatic carbocycles. The van der Waals surface area contributed by atoms with Gasteiger partial charge in [0.1, 0.15) is 6.54 Å². The molecule has 0 aromatic carbocycles. The van der Waals surface area contributed by atoms with Crippen molar-refractivity contribution in [3.8, 4) is 0 Å². The minimum Gasteiger partial charge on any atom is -0.345 e. The van der Waals surface area contributed by atoms with Crippen molar-refractivity contribution >= 4 is 0 Å². The van der Waals surface area contributed by atoms with Crippen LogP contribution in [0, 0.1) is 0 Å². The zero-order valence-electron chi connectivity index (χ0n) is 11.9. The first-order valence-corrected chi connectivity index (χ1v) is 6.93. The Labute approximate surface area is 114 Å². The molecule has 0 saturated heterocycles. The number of rotatable bonds is 7. The number of aromatic nitrogens is 3. The van der Waals surface area contributed by atoms with E-state index in [2.05, 4.69) is 53.1 Å². The Balaban J connectivity index is 1.98. The normalized spacial score (nSPS) is 12.8. The molecule has 0 saturated carbocycles. The molecule has 0 aliphatic rings. The van der Waals surface area contributed by atoms with Gasteiger partial charge < -0.3 is 14.4 Å². The van der Waals surface area contributed by atoms with Crippen LogP contribution >= 0.6 is 0 Å². The second-order valence-corrected chi connectivity index (χ2v) is 4.75. The highest BCUT2D eigenvalue weighted by atomic mass is 16.5. The Morgan fingerprint density at radius 3 is 3.00 bits per heavy atom. The second kappa shape index (κ2) is 6.52. The molecule has 0 spiro atoms. The minimum atomic E-state index is 0.365. The third-order valence-electron chi connectivity index (χ3n) is 3.09. The Hall–Kier alpha value is -1.62. The minimum absolute atomic E-state index is 0.365. The summed E-state index contributed by atoms with van der Waals surface area (Å²) in [5.41, 5.74) is 1.27. The summed E-state index contributed by atoms with van der Waals surface area (Å²) >= 11 is 0. The van der Waals surface area contributed by atoms with Gasteiger partial charge in [0, 0.05) is 24.9 Å². The standard InChI is InChI=1S/C14H22N4O/c1-4-6-13-16-14(19-17-13)10-18-8-7-12(9-18)11(3)15-5-2/h7-9,11,15H,4-6,10H2,1-3H3. The van der Waals surface area contributed by atoms with Gasteiger partial charge in [-0.15, -0.1) is 0 Å². The maximum absolute atomic E-state index is 5.24. The zero-order valence-corrected chi connectivity index (χ0v) is 11.9. The van der Waals surface area contributed by atoms with E-state index in [0.717, 1.165) is 25.2 Å². The van der Waals surface area contributed by atoms with Gasteiger partial charge in [0.2, 0.25) is 5.89 Å². The molecule has 0 aliphatic heterocycles. The number of hydrogen-bond donors (Lipinski definition) is 1. The van der Waals surface area contributed by atoms with Crippen LogP contribution in [0.15, 0.2) is 23.0 Å². The summed E-state index contributed by atoms with van der Waals surface area (Å²) in [6, 6.07) is 2.49. The summed E-state index contributed by atoms with van der Waals surface area (Å²) in [4.78, 5) is 4.37. The lowest BCUT2D eigenvalue weighted by atomic mass is 10.2. The molecule has 5 heteroatoms. The zero-order chi connectivity index (χ0) is 13.7. The quantitative estimate of drug-likeness (QED) is 0.833. The molecule has 0 radical (unpaired) electrons. The van der Waals surface area contributed by atoms with E-state index in [1.807, 2.05) is 6.20 Å². The molecule has 2 heterocycles. The highest BCUT2D eigenvalue weighted by Gasteiger charge is 2.09. The third-order valence-corrected chi connectivity index (χ3v) is 3.09. The van der Waals surface area contributed by atoms with Crippen molar-refractivity contribution in [3.63, 3.8) is 0 Å². The van der Waals surface area contributed by atoms with Crippen LogP contribution in [0.4, 0.5) is 0 Å². The summed E-state index contributed by atoms with van der Waals surface area (Å²) in [5, 5.41) is 7.36. The average molecular weight is 262 g/mol. The molecule has 0 bridgehead atoms. The van der Waals surface area contributed by atoms with Gasteiger partial charge in [-0.3, -0.25) is 0 Å². The molecule has 1 unspecified atom stereocenters. The van der Waals surface area contributed by atoms with E-state index in [1.54, 1.807) is 0 Å². The van der Waals surface area contributed by atoms with Gasteiger partial charge in [-0.25, -0.2) is 0 Å². The van der Waals surface area contributed by atoms with Gasteiger partial charge in [-0.05, 0) is 31.5 Å². The molecule has 2 aromatic heterocycles. The summed E-state index contributed by atoms with van der Waals surface area (Å²) in [5.74, 6) is 1.47. The molecule has 5 nitrogen and oxygen atoms in total. The molecule has 1 N–H and O–H groups in total. The van der Waals surface area contributed by atoms with Crippen LogP contribution in [-0.2, 0) is 13.0 Å². The smallest absolute Gasteiger partial charge is 0.246 e. The van der Waals surface area contributed by atoms with Gasteiger partial charge in [-0.1, -0.05) is 19.0 Å². The highest BCUT2D eigenvalue weighted by molar-refractivity contribution is 5.15. The molecular weight excluding hydrogens is 240 g/mol. The van der Waals surface area contributed by atoms with E-state index in [9.17, 15) is 0 Å². The molecule has 1 atom stereocenters. The van der Waals surface area contributed by atoms with Crippen molar-refractivity contribution in [2.24, 2.45) is 0 Å². The number of nitrogens with zero attached hydrogens (tertiary/aromatic N) is 3. The van der Waals surface area contributed by atoms with Gasteiger partial charge in [0.15, 0.2) is 5.82 Å². The van der Waals surface area contributed by atoms with Crippen molar-refractivity contribution in [2.45, 2.75) is 46.2 Å². The molecule has 2 rings (SSSR count). The van der Waals surface area contributed by atoms with E-state index in [4.69, 9.17) is 4.52 Å². The van der Waals surface area contributed by atoms with Crippen molar-refractivity contribution < 1.29 is 4.52 Å². The maximum atomic E-state index is 5.24. The van der Waals surface area contributed by atoms with E-state index >= 15 is 0 Å². The Morgan fingerprint density at radius 1 is 1.42 bits per heavy atom. The van der Waals surface area contributed by atoms with E-state index in [1.165, 1.54) is 5.56 Å². The predicted molar refractivity (Wildman–Crippen MR) is 73.9 cm³/mol. The molecule has 2 aromatic rings. The summed E-state index contributed by atoms with van der Waals surface area (Å²) < 4.78 is 7.32. The maximum Gasteiger partial charge on any atom is 0.246 e. The Bertz CT molecular complexity index is 503. The largest absolute Gasteiger partial charge is 0.345 e. The summed E-state index contributed by atoms with van der Waals surface area (Å²) in [7, 11) is 0. The van der Waals surface area contributed by atoms with Crippen LogP contribution in [0.1, 0.15) is 50.5 Å². The van der Waals surface area contributed by atoms with Crippen LogP contribution in [0.25, 0.3) is 0 Å². The Kier molecular flexibility index (Phi) is 4.74. The average Bonchev–Trinajstić information content (AvgIpc) is 3.00. The van der Waals surface area contributed by atoms with Crippen LogP contribution < -0.4 is 5.32 Å². The van der Waals surface area contributed by atoms with Crippen LogP contribution in [0.2, 0.25) is 0 Å². The van der Waals surface area contributed by atoms with Crippen molar-refractivity contribution in [1.82, 2.24) is 20.0 Å².